The second kappa shape index (κ2) is 8.27. The number of nitrogens with zero attached hydrogens (tertiary/aromatic N) is 1. The van der Waals surface area contributed by atoms with Crippen molar-refractivity contribution in [3.8, 4) is 0 Å². The highest BCUT2D eigenvalue weighted by molar-refractivity contribution is 7.89. The minimum Gasteiger partial charge on any atom is -0.315 e. The predicted octanol–water partition coefficient (Wildman–Crippen LogP) is 3.22. The molecule has 0 amide bonds. The van der Waals surface area contributed by atoms with Crippen LogP contribution < -0.4 is 5.32 Å². The van der Waals surface area contributed by atoms with E-state index in [9.17, 15) is 8.42 Å². The Labute approximate surface area is 133 Å². The Hall–Kier alpha value is -0.430. The van der Waals surface area contributed by atoms with Gasteiger partial charge >= 0.3 is 0 Å². The molecule has 0 radical (unpaired) electrons. The Morgan fingerprint density at radius 3 is 2.38 bits per heavy atom. The predicted molar refractivity (Wildman–Crippen MR) is 90.3 cm³/mol. The van der Waals surface area contributed by atoms with Gasteiger partial charge in [-0.1, -0.05) is 33.6 Å². The normalized spacial score (nSPS) is 12.5. The fourth-order valence-corrected chi connectivity index (χ4v) is 5.78. The molecular weight excluding hydrogens is 304 g/mol. The molecule has 0 aliphatic heterocycles. The van der Waals surface area contributed by atoms with Crippen LogP contribution in [0.2, 0.25) is 0 Å². The second-order valence-electron chi connectivity index (χ2n) is 5.34. The molecule has 1 rings (SSSR count). The quantitative estimate of drug-likeness (QED) is 0.755. The van der Waals surface area contributed by atoms with E-state index in [1.807, 2.05) is 26.3 Å². The van der Waals surface area contributed by atoms with Crippen molar-refractivity contribution in [1.82, 2.24) is 9.62 Å². The average molecular weight is 333 g/mol. The molecule has 0 atom stereocenters. The van der Waals surface area contributed by atoms with Crippen molar-refractivity contribution >= 4 is 21.4 Å². The molecular formula is C15H28N2O2S2. The van der Waals surface area contributed by atoms with Gasteiger partial charge in [0.05, 0.1) is 0 Å². The highest BCUT2D eigenvalue weighted by atomic mass is 32.2. The zero-order valence-corrected chi connectivity index (χ0v) is 15.4. The monoisotopic (exact) mass is 332 g/mol. The number of nitrogens with one attached hydrogen (secondary N) is 1. The molecule has 1 heterocycles. The average Bonchev–Trinajstić information content (AvgIpc) is 2.82. The van der Waals surface area contributed by atoms with Crippen LogP contribution in [-0.2, 0) is 16.6 Å². The molecule has 1 aromatic heterocycles. The van der Waals surface area contributed by atoms with E-state index in [1.165, 1.54) is 11.3 Å². The molecule has 0 bridgehead atoms. The lowest BCUT2D eigenvalue weighted by atomic mass is 10.0. The third-order valence-corrected chi connectivity index (χ3v) is 7.30. The molecule has 21 heavy (non-hydrogen) atoms. The maximum absolute atomic E-state index is 13.0. The summed E-state index contributed by atoms with van der Waals surface area (Å²) in [5.41, 5.74) is 0.855. The van der Waals surface area contributed by atoms with E-state index in [0.29, 0.717) is 30.4 Å². The van der Waals surface area contributed by atoms with Crippen molar-refractivity contribution in [2.24, 2.45) is 5.92 Å². The molecule has 1 N–H and O–H groups in total. The van der Waals surface area contributed by atoms with Gasteiger partial charge in [-0.25, -0.2) is 8.42 Å². The van der Waals surface area contributed by atoms with Crippen LogP contribution in [0.5, 0.6) is 0 Å². The highest BCUT2D eigenvalue weighted by Gasteiger charge is 2.29. The van der Waals surface area contributed by atoms with Gasteiger partial charge in [-0.3, -0.25) is 0 Å². The van der Waals surface area contributed by atoms with E-state index in [1.54, 1.807) is 4.31 Å². The first-order valence-corrected chi connectivity index (χ1v) is 9.95. The maximum atomic E-state index is 13.0. The van der Waals surface area contributed by atoms with Crippen molar-refractivity contribution in [1.29, 1.82) is 0 Å². The summed E-state index contributed by atoms with van der Waals surface area (Å²) in [5.74, 6) is 0.423. The summed E-state index contributed by atoms with van der Waals surface area (Å²) in [6.45, 7) is 9.77. The van der Waals surface area contributed by atoms with Crippen LogP contribution in [0.4, 0.5) is 0 Å². The molecule has 0 saturated carbocycles. The molecule has 0 fully saturated rings. The first kappa shape index (κ1) is 18.6. The third kappa shape index (κ3) is 4.28. The van der Waals surface area contributed by atoms with Crippen LogP contribution in [0.15, 0.2) is 10.3 Å². The smallest absolute Gasteiger partial charge is 0.244 e. The van der Waals surface area contributed by atoms with Crippen LogP contribution in [0.25, 0.3) is 0 Å². The Morgan fingerprint density at radius 2 is 1.90 bits per heavy atom. The van der Waals surface area contributed by atoms with Crippen molar-refractivity contribution in [2.75, 3.05) is 20.1 Å². The maximum Gasteiger partial charge on any atom is 0.244 e. The van der Waals surface area contributed by atoms with Gasteiger partial charge in [0.25, 0.3) is 0 Å². The Morgan fingerprint density at radius 1 is 1.29 bits per heavy atom. The van der Waals surface area contributed by atoms with Crippen molar-refractivity contribution < 1.29 is 8.42 Å². The Kier molecular flexibility index (Phi) is 7.33. The SMILES string of the molecule is CCC(CC)CN(CC)S(=O)(=O)c1c(C)csc1CNC. The molecule has 0 spiro atoms. The van der Waals surface area contributed by atoms with Gasteiger partial charge in [-0.05, 0) is 30.8 Å². The fourth-order valence-electron chi connectivity index (χ4n) is 2.48. The molecule has 0 saturated heterocycles. The first-order valence-electron chi connectivity index (χ1n) is 7.63. The molecule has 0 unspecified atom stereocenters. The standard InChI is InChI=1S/C15H28N2O2S2/c1-6-13(7-2)10-17(8-3)21(18,19)15-12(4)11-20-14(15)9-16-5/h11,13,16H,6-10H2,1-5H3. The van der Waals surface area contributed by atoms with Crippen molar-refractivity contribution in [3.63, 3.8) is 0 Å². The summed E-state index contributed by atoms with van der Waals surface area (Å²) >= 11 is 1.52. The van der Waals surface area contributed by atoms with Crippen molar-refractivity contribution in [2.45, 2.75) is 52.0 Å². The Balaban J connectivity index is 3.15. The lowest BCUT2D eigenvalue weighted by molar-refractivity contribution is 0.339. The minimum absolute atomic E-state index is 0.423. The molecule has 4 nitrogen and oxygen atoms in total. The van der Waals surface area contributed by atoms with E-state index in [2.05, 4.69) is 19.2 Å². The van der Waals surface area contributed by atoms with Crippen LogP contribution in [0.1, 0.15) is 44.1 Å². The zero-order valence-electron chi connectivity index (χ0n) is 13.8. The molecule has 0 aliphatic rings. The largest absolute Gasteiger partial charge is 0.315 e. The van der Waals surface area contributed by atoms with Crippen LogP contribution in [-0.4, -0.2) is 32.9 Å². The van der Waals surface area contributed by atoms with Gasteiger partial charge < -0.3 is 5.32 Å². The summed E-state index contributed by atoms with van der Waals surface area (Å²) in [5, 5.41) is 4.99. The van der Waals surface area contributed by atoms with Gasteiger partial charge in [0.1, 0.15) is 4.90 Å². The van der Waals surface area contributed by atoms with E-state index in [4.69, 9.17) is 0 Å². The molecule has 1 aromatic rings. The summed E-state index contributed by atoms with van der Waals surface area (Å²) in [6.07, 6.45) is 2.02. The minimum atomic E-state index is -3.40. The van der Waals surface area contributed by atoms with Gasteiger partial charge in [0.15, 0.2) is 0 Å². The number of thiophene rings is 1. The summed E-state index contributed by atoms with van der Waals surface area (Å²) in [4.78, 5) is 1.41. The van der Waals surface area contributed by atoms with Gasteiger partial charge in [-0.15, -0.1) is 11.3 Å². The lowest BCUT2D eigenvalue weighted by Crippen LogP contribution is -2.35. The summed E-state index contributed by atoms with van der Waals surface area (Å²) < 4.78 is 27.7. The number of rotatable bonds is 9. The fraction of sp³-hybridized carbons (Fsp3) is 0.733. The molecule has 0 aromatic carbocycles. The third-order valence-electron chi connectivity index (χ3n) is 3.89. The Bertz CT molecular complexity index is 534. The molecule has 0 aliphatic carbocycles. The van der Waals surface area contributed by atoms with E-state index >= 15 is 0 Å². The second-order valence-corrected chi connectivity index (χ2v) is 8.18. The van der Waals surface area contributed by atoms with E-state index < -0.39 is 10.0 Å². The zero-order chi connectivity index (χ0) is 16.0. The summed E-state index contributed by atoms with van der Waals surface area (Å²) in [7, 11) is -1.56. The topological polar surface area (TPSA) is 49.4 Å². The van der Waals surface area contributed by atoms with E-state index in [0.717, 1.165) is 23.3 Å². The summed E-state index contributed by atoms with van der Waals surface area (Å²) in [6, 6.07) is 0. The number of hydrogen-bond acceptors (Lipinski definition) is 4. The number of sulfonamides is 1. The first-order chi connectivity index (χ1) is 9.92. The van der Waals surface area contributed by atoms with Crippen LogP contribution in [0, 0.1) is 12.8 Å². The van der Waals surface area contributed by atoms with Crippen molar-refractivity contribution in [3.05, 3.63) is 15.8 Å². The lowest BCUT2D eigenvalue weighted by Gasteiger charge is -2.25. The molecule has 122 valence electrons. The molecule has 6 heteroatoms. The van der Waals surface area contributed by atoms with Crippen LogP contribution in [0.3, 0.4) is 0 Å². The van der Waals surface area contributed by atoms with E-state index in [-0.39, 0.29) is 0 Å². The number of aryl methyl sites for hydroxylation is 1. The van der Waals surface area contributed by atoms with Gasteiger partial charge in [-0.2, -0.15) is 4.31 Å². The highest BCUT2D eigenvalue weighted by Crippen LogP contribution is 2.30. The van der Waals surface area contributed by atoms with Crippen LogP contribution >= 0.6 is 11.3 Å². The van der Waals surface area contributed by atoms with Gasteiger partial charge in [0, 0.05) is 24.5 Å². The van der Waals surface area contributed by atoms with Gasteiger partial charge in [0.2, 0.25) is 10.0 Å². The number of hydrogen-bond donors (Lipinski definition) is 1.